The molecular weight excluding hydrogens is 482 g/mol. The number of aryl methyl sites for hydroxylation is 1. The molecule has 0 fully saturated rings. The fourth-order valence-electron chi connectivity index (χ4n) is 4.24. The molecule has 1 heterocycles. The third kappa shape index (κ3) is 5.55. The summed E-state index contributed by atoms with van der Waals surface area (Å²) in [7, 11) is 3.02. The molecule has 0 saturated heterocycles. The number of carbonyl (C=O) groups excluding carboxylic acids is 1. The van der Waals surface area contributed by atoms with Crippen LogP contribution in [-0.2, 0) is 17.6 Å². The van der Waals surface area contributed by atoms with Crippen molar-refractivity contribution in [1.29, 1.82) is 5.26 Å². The first kappa shape index (κ1) is 24.9. The lowest BCUT2D eigenvalue weighted by atomic mass is 9.82. The summed E-state index contributed by atoms with van der Waals surface area (Å²) in [4.78, 5) is 17.8. The van der Waals surface area contributed by atoms with Gasteiger partial charge in [-0.25, -0.2) is 4.98 Å². The summed E-state index contributed by atoms with van der Waals surface area (Å²) in [5.74, 6) is 1.07. The molecule has 2 unspecified atom stereocenters. The van der Waals surface area contributed by atoms with Crippen LogP contribution in [0.4, 0.5) is 5.69 Å². The Labute approximate surface area is 214 Å². The molecule has 1 amide bonds. The van der Waals surface area contributed by atoms with Crippen LogP contribution in [0.3, 0.4) is 0 Å². The molecule has 1 aliphatic carbocycles. The number of hydrogen-bond acceptors (Lipinski definition) is 6. The molecule has 1 N–H and O–H groups in total. The van der Waals surface area contributed by atoms with E-state index in [1.165, 1.54) is 31.5 Å². The van der Waals surface area contributed by atoms with E-state index in [0.717, 1.165) is 30.5 Å². The molecule has 1 aliphatic rings. The molecule has 35 heavy (non-hydrogen) atoms. The molecule has 0 saturated carbocycles. The van der Waals surface area contributed by atoms with Crippen molar-refractivity contribution in [3.8, 4) is 17.6 Å². The van der Waals surface area contributed by atoms with Crippen LogP contribution in [0.1, 0.15) is 41.6 Å². The molecule has 4 rings (SSSR count). The average Bonchev–Trinajstić information content (AvgIpc) is 2.88. The topological polar surface area (TPSA) is 84.2 Å². The van der Waals surface area contributed by atoms with E-state index in [1.54, 1.807) is 19.1 Å². The van der Waals surface area contributed by atoms with E-state index in [-0.39, 0.29) is 5.91 Å². The van der Waals surface area contributed by atoms with Crippen LogP contribution < -0.4 is 14.8 Å². The molecule has 6 nitrogen and oxygen atoms in total. The Morgan fingerprint density at radius 3 is 2.63 bits per heavy atom. The molecule has 2 atom stereocenters. The van der Waals surface area contributed by atoms with E-state index in [4.69, 9.17) is 26.1 Å². The van der Waals surface area contributed by atoms with Crippen LogP contribution in [0.5, 0.6) is 11.5 Å². The zero-order valence-electron chi connectivity index (χ0n) is 19.8. The number of pyridine rings is 1. The van der Waals surface area contributed by atoms with Gasteiger partial charge in [-0.2, -0.15) is 5.26 Å². The number of halogens is 1. The van der Waals surface area contributed by atoms with Gasteiger partial charge in [-0.3, -0.25) is 4.79 Å². The number of ether oxygens (including phenoxy) is 2. The number of nitriles is 1. The summed E-state index contributed by atoms with van der Waals surface area (Å²) in [6.45, 7) is 1.78. The van der Waals surface area contributed by atoms with E-state index in [2.05, 4.69) is 35.7 Å². The Morgan fingerprint density at radius 1 is 1.20 bits per heavy atom. The van der Waals surface area contributed by atoms with E-state index in [0.29, 0.717) is 38.7 Å². The lowest BCUT2D eigenvalue weighted by Gasteiger charge is -2.25. The highest BCUT2D eigenvalue weighted by molar-refractivity contribution is 8.00. The molecule has 0 aliphatic heterocycles. The van der Waals surface area contributed by atoms with Crippen molar-refractivity contribution in [2.75, 3.05) is 19.5 Å². The maximum atomic E-state index is 13.0. The van der Waals surface area contributed by atoms with Crippen LogP contribution >= 0.6 is 23.4 Å². The highest BCUT2D eigenvalue weighted by Crippen LogP contribution is 2.38. The fourth-order valence-corrected chi connectivity index (χ4v) is 5.37. The average molecular weight is 508 g/mol. The third-order valence-electron chi connectivity index (χ3n) is 6.13. The van der Waals surface area contributed by atoms with Crippen molar-refractivity contribution < 1.29 is 14.3 Å². The third-order valence-corrected chi connectivity index (χ3v) is 7.53. The van der Waals surface area contributed by atoms with Crippen molar-refractivity contribution in [3.63, 3.8) is 0 Å². The number of benzene rings is 2. The summed E-state index contributed by atoms with van der Waals surface area (Å²) < 4.78 is 10.6. The first-order chi connectivity index (χ1) is 16.9. The van der Waals surface area contributed by atoms with Gasteiger partial charge in [0.2, 0.25) is 5.91 Å². The second kappa shape index (κ2) is 11.0. The number of anilines is 1. The monoisotopic (exact) mass is 507 g/mol. The lowest BCUT2D eigenvalue weighted by molar-refractivity contribution is -0.115. The Kier molecular flexibility index (Phi) is 7.84. The number of amides is 1. The minimum atomic E-state index is -0.501. The Bertz CT molecular complexity index is 1280. The molecule has 180 valence electrons. The minimum Gasteiger partial charge on any atom is -0.495 e. The van der Waals surface area contributed by atoms with Gasteiger partial charge in [0.15, 0.2) is 0 Å². The Balaban J connectivity index is 1.50. The predicted octanol–water partition coefficient (Wildman–Crippen LogP) is 6.02. The SMILES string of the molecule is COc1cc(OC)c(NC(=O)C(C)Sc2nc3c(cc2C#N)CC(c2ccccc2)CC3)cc1Cl. The number of nitrogens with one attached hydrogen (secondary N) is 1. The Hall–Kier alpha value is -3.21. The number of fused-ring (bicyclic) bond motifs is 1. The fraction of sp³-hybridized carbons (Fsp3) is 0.296. The van der Waals surface area contributed by atoms with Crippen molar-refractivity contribution >= 4 is 35.0 Å². The molecular formula is C27H26ClN3O3S. The minimum absolute atomic E-state index is 0.248. The van der Waals surface area contributed by atoms with Gasteiger partial charge in [-0.1, -0.05) is 53.7 Å². The van der Waals surface area contributed by atoms with Crippen LogP contribution in [0.15, 0.2) is 53.6 Å². The molecule has 0 spiro atoms. The van der Waals surface area contributed by atoms with E-state index >= 15 is 0 Å². The summed E-state index contributed by atoms with van der Waals surface area (Å²) in [6.07, 6.45) is 2.71. The van der Waals surface area contributed by atoms with Gasteiger partial charge in [0.25, 0.3) is 0 Å². The van der Waals surface area contributed by atoms with Crippen molar-refractivity contribution in [2.24, 2.45) is 0 Å². The molecule has 0 radical (unpaired) electrons. The number of aromatic nitrogens is 1. The van der Waals surface area contributed by atoms with E-state index in [9.17, 15) is 10.1 Å². The smallest absolute Gasteiger partial charge is 0.237 e. The Morgan fingerprint density at radius 2 is 1.94 bits per heavy atom. The zero-order valence-corrected chi connectivity index (χ0v) is 21.4. The molecule has 2 aromatic carbocycles. The van der Waals surface area contributed by atoms with Crippen molar-refractivity contribution in [2.45, 2.75) is 42.4 Å². The quantitative estimate of drug-likeness (QED) is 0.394. The van der Waals surface area contributed by atoms with Gasteiger partial charge in [-0.15, -0.1) is 0 Å². The number of carbonyl (C=O) groups is 1. The predicted molar refractivity (Wildman–Crippen MR) is 139 cm³/mol. The molecule has 8 heteroatoms. The van der Waals surface area contributed by atoms with Gasteiger partial charge < -0.3 is 14.8 Å². The van der Waals surface area contributed by atoms with Gasteiger partial charge in [0.1, 0.15) is 22.6 Å². The van der Waals surface area contributed by atoms with Gasteiger partial charge in [0.05, 0.1) is 35.7 Å². The maximum Gasteiger partial charge on any atom is 0.237 e. The van der Waals surface area contributed by atoms with Gasteiger partial charge in [0, 0.05) is 11.8 Å². The van der Waals surface area contributed by atoms with Crippen molar-refractivity contribution in [3.05, 3.63) is 75.9 Å². The number of rotatable bonds is 7. The first-order valence-corrected chi connectivity index (χ1v) is 12.6. The van der Waals surface area contributed by atoms with Gasteiger partial charge in [-0.05, 0) is 55.4 Å². The highest BCUT2D eigenvalue weighted by atomic mass is 35.5. The first-order valence-electron chi connectivity index (χ1n) is 11.3. The highest BCUT2D eigenvalue weighted by Gasteiger charge is 2.25. The number of nitrogens with zero attached hydrogens (tertiary/aromatic N) is 2. The van der Waals surface area contributed by atoms with Crippen LogP contribution in [0, 0.1) is 11.3 Å². The second-order valence-electron chi connectivity index (χ2n) is 8.35. The maximum absolute atomic E-state index is 13.0. The molecule has 3 aromatic rings. The van der Waals surface area contributed by atoms with Gasteiger partial charge >= 0.3 is 0 Å². The number of methoxy groups -OCH3 is 2. The summed E-state index contributed by atoms with van der Waals surface area (Å²) >= 11 is 7.50. The largest absolute Gasteiger partial charge is 0.495 e. The van der Waals surface area contributed by atoms with Crippen molar-refractivity contribution in [1.82, 2.24) is 4.98 Å². The summed E-state index contributed by atoms with van der Waals surface area (Å²) in [5.41, 5.74) is 4.37. The standard InChI is InChI=1S/C27H26ClN3O3S/c1-16(26(32)30-23-13-21(28)24(33-2)14-25(23)34-3)35-27-20(15-29)12-19-11-18(9-10-22(19)31-27)17-7-5-4-6-8-17/h4-8,12-14,16,18H,9-11H2,1-3H3,(H,30,32). The van der Waals surface area contributed by atoms with E-state index in [1.807, 2.05) is 12.1 Å². The normalized spacial score (nSPS) is 15.5. The molecule has 0 bridgehead atoms. The van der Waals surface area contributed by atoms with E-state index < -0.39 is 5.25 Å². The lowest BCUT2D eigenvalue weighted by Crippen LogP contribution is -2.23. The zero-order chi connectivity index (χ0) is 24.9. The van der Waals surface area contributed by atoms with Crippen LogP contribution in [-0.4, -0.2) is 30.4 Å². The number of hydrogen-bond donors (Lipinski definition) is 1. The molecule has 1 aromatic heterocycles. The summed E-state index contributed by atoms with van der Waals surface area (Å²) in [5, 5.41) is 13.1. The number of thioether (sulfide) groups is 1. The summed E-state index contributed by atoms with van der Waals surface area (Å²) in [6, 6.07) is 17.9. The van der Waals surface area contributed by atoms with Crippen LogP contribution in [0.2, 0.25) is 5.02 Å². The van der Waals surface area contributed by atoms with Crippen LogP contribution in [0.25, 0.3) is 0 Å². The second-order valence-corrected chi connectivity index (χ2v) is 10.1.